The van der Waals surface area contributed by atoms with Gasteiger partial charge in [-0.05, 0) is 30.6 Å². The quantitative estimate of drug-likeness (QED) is 0.215. The van der Waals surface area contributed by atoms with Gasteiger partial charge in [0.15, 0.2) is 0 Å². The Morgan fingerprint density at radius 3 is 2.26 bits per heavy atom. The van der Waals surface area contributed by atoms with Gasteiger partial charge >= 0.3 is 5.97 Å². The average molecular weight is 533 g/mol. The summed E-state index contributed by atoms with van der Waals surface area (Å²) in [4.78, 5) is 36.6. The molecule has 0 saturated carbocycles. The van der Waals surface area contributed by atoms with E-state index in [0.29, 0.717) is 20.8 Å². The first-order valence-corrected chi connectivity index (χ1v) is 11.6. The molecule has 3 heterocycles. The van der Waals surface area contributed by atoms with Gasteiger partial charge in [0, 0.05) is 37.0 Å². The summed E-state index contributed by atoms with van der Waals surface area (Å²) < 4.78 is 6.76. The van der Waals surface area contributed by atoms with E-state index in [1.807, 2.05) is 60.9 Å². The third kappa shape index (κ3) is 4.92. The van der Waals surface area contributed by atoms with Gasteiger partial charge in [-0.25, -0.2) is 9.79 Å². The molecule has 0 atom stereocenters. The number of halogens is 2. The highest BCUT2D eigenvalue weighted by molar-refractivity contribution is 7.21. The molecule has 2 aromatic carbocycles. The zero-order valence-electron chi connectivity index (χ0n) is 19.3. The van der Waals surface area contributed by atoms with Gasteiger partial charge in [-0.1, -0.05) is 36.4 Å². The summed E-state index contributed by atoms with van der Waals surface area (Å²) in [6.45, 7) is 3.64. The third-order valence-electron chi connectivity index (χ3n) is 5.97. The van der Waals surface area contributed by atoms with Crippen molar-refractivity contribution in [2.24, 2.45) is 4.99 Å². The number of fused-ring (bicyclic) bond motifs is 3. The number of para-hydroxylation sites is 1. The van der Waals surface area contributed by atoms with Crippen molar-refractivity contribution in [3.63, 3.8) is 0 Å². The van der Waals surface area contributed by atoms with Gasteiger partial charge in [0.05, 0.1) is 19.1 Å². The molecule has 1 saturated heterocycles. The van der Waals surface area contributed by atoms with Crippen molar-refractivity contribution in [2.45, 2.75) is 0 Å². The predicted molar refractivity (Wildman–Crippen MR) is 148 cm³/mol. The number of rotatable bonds is 4. The van der Waals surface area contributed by atoms with Crippen LogP contribution in [0.2, 0.25) is 0 Å². The molecule has 0 aliphatic carbocycles. The molecule has 7 nitrogen and oxygen atoms in total. The van der Waals surface area contributed by atoms with Gasteiger partial charge in [0.1, 0.15) is 15.4 Å². The smallest absolute Gasteiger partial charge is 0.350 e. The number of carbonyl (C=O) groups is 1. The summed E-state index contributed by atoms with van der Waals surface area (Å²) in [5, 5.41) is 2.14. The second-order valence-electron chi connectivity index (χ2n) is 8.06. The molecule has 0 N–H and O–H groups in total. The van der Waals surface area contributed by atoms with Crippen molar-refractivity contribution < 1.29 is 9.53 Å². The molecule has 0 unspecified atom stereocenters. The third-order valence-corrected chi connectivity index (χ3v) is 7.11. The van der Waals surface area contributed by atoms with Crippen LogP contribution in [0.5, 0.6) is 0 Å². The van der Waals surface area contributed by atoms with E-state index in [2.05, 4.69) is 16.8 Å². The molecule has 0 spiro atoms. The van der Waals surface area contributed by atoms with Crippen LogP contribution in [0.25, 0.3) is 26.7 Å². The lowest BCUT2D eigenvalue weighted by Crippen LogP contribution is -2.43. The maximum absolute atomic E-state index is 13.5. The van der Waals surface area contributed by atoms with E-state index < -0.39 is 5.97 Å². The maximum Gasteiger partial charge on any atom is 0.350 e. The molecular formula is C25H26Cl2N4O3S. The summed E-state index contributed by atoms with van der Waals surface area (Å²) in [6.07, 6.45) is 1.81. The van der Waals surface area contributed by atoms with E-state index >= 15 is 0 Å². The molecule has 1 fully saturated rings. The number of aliphatic imine (C=N–C) groups is 1. The van der Waals surface area contributed by atoms with Crippen LogP contribution in [0.4, 0.5) is 5.69 Å². The molecule has 1 aliphatic heterocycles. The van der Waals surface area contributed by atoms with Crippen LogP contribution in [0.3, 0.4) is 0 Å². The minimum atomic E-state index is -0.460. The lowest BCUT2D eigenvalue weighted by atomic mass is 10.1. The molecule has 35 heavy (non-hydrogen) atoms. The highest BCUT2D eigenvalue weighted by atomic mass is 35.5. The number of esters is 1. The topological polar surface area (TPSA) is 67.1 Å². The molecule has 0 bridgehead atoms. The molecule has 5 rings (SSSR count). The Morgan fingerprint density at radius 2 is 1.60 bits per heavy atom. The van der Waals surface area contributed by atoms with Gasteiger partial charge in [0.25, 0.3) is 5.56 Å². The Morgan fingerprint density at radius 1 is 0.971 bits per heavy atom. The maximum atomic E-state index is 13.5. The standard InChI is InChI=1S/C25H24N4O3S.2ClH/c1-27-12-14-28(15-13-27)16-26-21-20-18-10-6-7-11-19(18)23(30)29(17-8-4-3-5-9-17)24(20)33-22(21)25(31)32-2;;/h3-11,16H,12-15H2,1-2H3;2*1H. The van der Waals surface area contributed by atoms with Gasteiger partial charge < -0.3 is 14.5 Å². The molecule has 2 aromatic heterocycles. The summed E-state index contributed by atoms with van der Waals surface area (Å²) in [7, 11) is 3.47. The minimum Gasteiger partial charge on any atom is -0.465 e. The van der Waals surface area contributed by atoms with Crippen LogP contribution in [0, 0.1) is 0 Å². The SMILES string of the molecule is COC(=O)c1sc2c(c1N=CN1CCN(C)CC1)c1ccccc1c(=O)n2-c1ccccc1.Cl.Cl. The number of ether oxygens (including phenoxy) is 1. The van der Waals surface area contributed by atoms with E-state index in [1.54, 1.807) is 4.57 Å². The average Bonchev–Trinajstić information content (AvgIpc) is 3.23. The number of piperazine rings is 1. The lowest BCUT2D eigenvalue weighted by Gasteiger charge is -2.30. The molecule has 1 aliphatic rings. The van der Waals surface area contributed by atoms with E-state index in [1.165, 1.54) is 18.4 Å². The van der Waals surface area contributed by atoms with Gasteiger partial charge in [-0.15, -0.1) is 36.2 Å². The monoisotopic (exact) mass is 532 g/mol. The van der Waals surface area contributed by atoms with Crippen LogP contribution >= 0.6 is 36.2 Å². The van der Waals surface area contributed by atoms with Crippen LogP contribution < -0.4 is 5.56 Å². The molecule has 0 radical (unpaired) electrons. The lowest BCUT2D eigenvalue weighted by molar-refractivity contribution is 0.0607. The fourth-order valence-corrected chi connectivity index (χ4v) is 5.35. The number of methoxy groups -OCH3 is 1. The zero-order valence-corrected chi connectivity index (χ0v) is 21.8. The number of carbonyl (C=O) groups excluding carboxylic acids is 1. The van der Waals surface area contributed by atoms with E-state index in [9.17, 15) is 9.59 Å². The second-order valence-corrected chi connectivity index (χ2v) is 9.06. The minimum absolute atomic E-state index is 0. The largest absolute Gasteiger partial charge is 0.465 e. The molecule has 0 amide bonds. The fourth-order valence-electron chi connectivity index (χ4n) is 4.15. The molecule has 10 heteroatoms. The van der Waals surface area contributed by atoms with Crippen LogP contribution in [-0.4, -0.2) is 67.0 Å². The van der Waals surface area contributed by atoms with Crippen molar-refractivity contribution in [3.8, 4) is 5.69 Å². The first-order valence-electron chi connectivity index (χ1n) is 10.8. The van der Waals surface area contributed by atoms with Gasteiger partial charge in [-0.2, -0.15) is 0 Å². The number of thiophene rings is 1. The second kappa shape index (κ2) is 11.2. The first kappa shape index (κ1) is 26.7. The summed E-state index contributed by atoms with van der Waals surface area (Å²) >= 11 is 1.24. The molecular weight excluding hydrogens is 507 g/mol. The molecule has 184 valence electrons. The van der Waals surface area contributed by atoms with E-state index in [0.717, 1.165) is 42.6 Å². The summed E-state index contributed by atoms with van der Waals surface area (Å²) in [6, 6.07) is 17.0. The summed E-state index contributed by atoms with van der Waals surface area (Å²) in [5.74, 6) is -0.460. The van der Waals surface area contributed by atoms with Gasteiger partial charge in [0.2, 0.25) is 0 Å². The van der Waals surface area contributed by atoms with Crippen molar-refractivity contribution in [1.82, 2.24) is 14.4 Å². The van der Waals surface area contributed by atoms with Crippen molar-refractivity contribution >= 4 is 75.1 Å². The highest BCUT2D eigenvalue weighted by Gasteiger charge is 2.25. The summed E-state index contributed by atoms with van der Waals surface area (Å²) in [5.41, 5.74) is 1.16. The van der Waals surface area contributed by atoms with Crippen molar-refractivity contribution in [1.29, 1.82) is 0 Å². The van der Waals surface area contributed by atoms with Crippen LogP contribution in [-0.2, 0) is 4.74 Å². The Bertz CT molecular complexity index is 1430. The number of pyridine rings is 1. The Kier molecular flexibility index (Phi) is 8.56. The molecule has 4 aromatic rings. The van der Waals surface area contributed by atoms with E-state index in [-0.39, 0.29) is 30.4 Å². The van der Waals surface area contributed by atoms with E-state index in [4.69, 9.17) is 9.73 Å². The van der Waals surface area contributed by atoms with Crippen LogP contribution in [0.1, 0.15) is 9.67 Å². The predicted octanol–water partition coefficient (Wildman–Crippen LogP) is 4.74. The normalized spacial score (nSPS) is 14.2. The van der Waals surface area contributed by atoms with Crippen molar-refractivity contribution in [3.05, 3.63) is 69.8 Å². The first-order chi connectivity index (χ1) is 16.1. The Labute approximate surface area is 219 Å². The van der Waals surface area contributed by atoms with Crippen molar-refractivity contribution in [2.75, 3.05) is 40.3 Å². The van der Waals surface area contributed by atoms with Gasteiger partial charge in [-0.3, -0.25) is 9.36 Å². The Balaban J connectivity index is 0.00000171. The number of nitrogens with zero attached hydrogens (tertiary/aromatic N) is 4. The fraction of sp³-hybridized carbons (Fsp3) is 0.240. The number of hydrogen-bond acceptors (Lipinski definition) is 6. The Hall–Kier alpha value is -2.91. The highest BCUT2D eigenvalue weighted by Crippen LogP contribution is 2.42. The number of hydrogen-bond donors (Lipinski definition) is 0. The van der Waals surface area contributed by atoms with Crippen LogP contribution in [0.15, 0.2) is 64.4 Å². The number of likely N-dealkylation sites (N-methyl/N-ethyl adjacent to an activating group) is 1. The zero-order chi connectivity index (χ0) is 22.9. The number of aromatic nitrogens is 1. The number of benzene rings is 2.